The van der Waals surface area contributed by atoms with Crippen molar-refractivity contribution in [3.05, 3.63) is 0 Å². The average Bonchev–Trinajstić information content (AvgIpc) is 2.82. The van der Waals surface area contributed by atoms with Gasteiger partial charge in [-0.25, -0.2) is 4.99 Å². The zero-order valence-corrected chi connectivity index (χ0v) is 10.5. The van der Waals surface area contributed by atoms with Gasteiger partial charge in [-0.05, 0) is 31.6 Å². The largest absolute Gasteiger partial charge is 0.370 e. The average molecular weight is 223 g/mol. The molecule has 16 heavy (non-hydrogen) atoms. The minimum absolute atomic E-state index is 0.517. The van der Waals surface area contributed by atoms with Crippen molar-refractivity contribution < 1.29 is 0 Å². The van der Waals surface area contributed by atoms with Crippen LogP contribution in [-0.4, -0.2) is 30.0 Å². The van der Waals surface area contributed by atoms with E-state index >= 15 is 0 Å². The fourth-order valence-electron chi connectivity index (χ4n) is 2.87. The SMILES string of the molecule is CCC1CCN(C(N)=NC2CCCC2)CC1. The van der Waals surface area contributed by atoms with Crippen molar-refractivity contribution in [2.75, 3.05) is 13.1 Å². The molecule has 1 heterocycles. The normalized spacial score (nSPS) is 25.3. The van der Waals surface area contributed by atoms with Gasteiger partial charge in [-0.15, -0.1) is 0 Å². The highest BCUT2D eigenvalue weighted by Gasteiger charge is 2.20. The second-order valence-electron chi connectivity index (χ2n) is 5.26. The Morgan fingerprint density at radius 1 is 1.19 bits per heavy atom. The van der Waals surface area contributed by atoms with Crippen LogP contribution in [0.15, 0.2) is 4.99 Å². The van der Waals surface area contributed by atoms with Crippen molar-refractivity contribution in [3.8, 4) is 0 Å². The first-order chi connectivity index (χ1) is 7.79. The number of aliphatic imine (C=N–C) groups is 1. The summed E-state index contributed by atoms with van der Waals surface area (Å²) in [5, 5.41) is 0. The zero-order chi connectivity index (χ0) is 11.4. The summed E-state index contributed by atoms with van der Waals surface area (Å²) in [5.74, 6) is 1.72. The van der Waals surface area contributed by atoms with Crippen LogP contribution in [0.2, 0.25) is 0 Å². The van der Waals surface area contributed by atoms with E-state index in [1.165, 1.54) is 44.9 Å². The predicted octanol–water partition coefficient (Wildman–Crippen LogP) is 2.37. The standard InChI is InChI=1S/C13H25N3/c1-2-11-7-9-16(10-8-11)13(14)15-12-5-3-4-6-12/h11-12H,2-10H2,1H3,(H2,14,15). The minimum Gasteiger partial charge on any atom is -0.370 e. The Bertz CT molecular complexity index is 236. The molecule has 0 spiro atoms. The molecule has 2 fully saturated rings. The molecule has 3 heteroatoms. The Hall–Kier alpha value is -0.730. The van der Waals surface area contributed by atoms with Gasteiger partial charge in [0.05, 0.1) is 6.04 Å². The Kier molecular flexibility index (Phi) is 4.08. The molecule has 0 aromatic rings. The number of likely N-dealkylation sites (tertiary alicyclic amines) is 1. The van der Waals surface area contributed by atoms with E-state index in [1.54, 1.807) is 0 Å². The van der Waals surface area contributed by atoms with E-state index < -0.39 is 0 Å². The highest BCUT2D eigenvalue weighted by atomic mass is 15.3. The summed E-state index contributed by atoms with van der Waals surface area (Å²) in [7, 11) is 0. The Labute approximate surface area is 99.1 Å². The van der Waals surface area contributed by atoms with E-state index in [4.69, 9.17) is 5.73 Å². The van der Waals surface area contributed by atoms with Gasteiger partial charge in [0.25, 0.3) is 0 Å². The molecule has 92 valence electrons. The predicted molar refractivity (Wildman–Crippen MR) is 68.5 cm³/mol. The minimum atomic E-state index is 0.517. The molecule has 1 aliphatic heterocycles. The molecule has 2 N–H and O–H groups in total. The van der Waals surface area contributed by atoms with E-state index in [1.807, 2.05) is 0 Å². The van der Waals surface area contributed by atoms with Crippen LogP contribution in [-0.2, 0) is 0 Å². The van der Waals surface area contributed by atoms with Crippen LogP contribution in [0.1, 0.15) is 51.9 Å². The molecule has 0 radical (unpaired) electrons. The highest BCUT2D eigenvalue weighted by Crippen LogP contribution is 2.22. The number of rotatable bonds is 2. The highest BCUT2D eigenvalue weighted by molar-refractivity contribution is 5.78. The second-order valence-corrected chi connectivity index (χ2v) is 5.26. The molecule has 2 rings (SSSR count). The molecular formula is C13H25N3. The summed E-state index contributed by atoms with van der Waals surface area (Å²) in [6.45, 7) is 4.51. The maximum absolute atomic E-state index is 6.09. The van der Waals surface area contributed by atoms with Crippen molar-refractivity contribution >= 4 is 5.96 Å². The van der Waals surface area contributed by atoms with Crippen molar-refractivity contribution in [1.82, 2.24) is 4.90 Å². The van der Waals surface area contributed by atoms with Gasteiger partial charge < -0.3 is 10.6 Å². The molecule has 0 atom stereocenters. The topological polar surface area (TPSA) is 41.6 Å². The number of nitrogens with zero attached hydrogens (tertiary/aromatic N) is 2. The van der Waals surface area contributed by atoms with Crippen molar-refractivity contribution in [2.45, 2.75) is 57.9 Å². The van der Waals surface area contributed by atoms with Gasteiger partial charge in [0, 0.05) is 13.1 Å². The molecule has 0 amide bonds. The summed E-state index contributed by atoms with van der Waals surface area (Å²) < 4.78 is 0. The fraction of sp³-hybridized carbons (Fsp3) is 0.923. The van der Waals surface area contributed by atoms with Gasteiger partial charge >= 0.3 is 0 Å². The molecule has 1 aliphatic carbocycles. The monoisotopic (exact) mass is 223 g/mol. The summed E-state index contributed by atoms with van der Waals surface area (Å²) in [5.41, 5.74) is 6.09. The molecule has 1 saturated heterocycles. The lowest BCUT2D eigenvalue weighted by Crippen LogP contribution is -2.43. The first kappa shape index (κ1) is 11.7. The summed E-state index contributed by atoms with van der Waals surface area (Å²) >= 11 is 0. The van der Waals surface area contributed by atoms with E-state index in [9.17, 15) is 0 Å². The maximum atomic E-state index is 6.09. The van der Waals surface area contributed by atoms with E-state index in [2.05, 4.69) is 16.8 Å². The molecule has 3 nitrogen and oxygen atoms in total. The third-order valence-electron chi connectivity index (χ3n) is 4.16. The van der Waals surface area contributed by atoms with Gasteiger partial charge in [-0.1, -0.05) is 26.2 Å². The lowest BCUT2D eigenvalue weighted by atomic mass is 9.95. The third kappa shape index (κ3) is 2.89. The number of hydrogen-bond acceptors (Lipinski definition) is 1. The maximum Gasteiger partial charge on any atom is 0.191 e. The van der Waals surface area contributed by atoms with Gasteiger partial charge in [-0.2, -0.15) is 0 Å². The molecule has 0 aromatic carbocycles. The van der Waals surface area contributed by atoms with Crippen LogP contribution in [0.3, 0.4) is 0 Å². The van der Waals surface area contributed by atoms with Crippen LogP contribution in [0.5, 0.6) is 0 Å². The first-order valence-electron chi connectivity index (χ1n) is 6.87. The van der Waals surface area contributed by atoms with Gasteiger partial charge in [0.1, 0.15) is 0 Å². The Balaban J connectivity index is 1.83. The molecular weight excluding hydrogens is 198 g/mol. The van der Waals surface area contributed by atoms with E-state index in [0.717, 1.165) is 25.0 Å². The Morgan fingerprint density at radius 3 is 2.38 bits per heavy atom. The quantitative estimate of drug-likeness (QED) is 0.577. The number of nitrogens with two attached hydrogens (primary N) is 1. The Morgan fingerprint density at radius 2 is 1.81 bits per heavy atom. The second kappa shape index (κ2) is 5.55. The smallest absolute Gasteiger partial charge is 0.191 e. The molecule has 0 bridgehead atoms. The van der Waals surface area contributed by atoms with Gasteiger partial charge in [0.15, 0.2) is 5.96 Å². The molecule has 0 aromatic heterocycles. The summed E-state index contributed by atoms with van der Waals surface area (Å²) in [4.78, 5) is 6.95. The van der Waals surface area contributed by atoms with E-state index in [-0.39, 0.29) is 0 Å². The van der Waals surface area contributed by atoms with Crippen LogP contribution in [0, 0.1) is 5.92 Å². The fourth-order valence-corrected chi connectivity index (χ4v) is 2.87. The summed E-state index contributed by atoms with van der Waals surface area (Å²) in [6.07, 6.45) is 9.04. The number of guanidine groups is 1. The lowest BCUT2D eigenvalue weighted by molar-refractivity contribution is 0.258. The van der Waals surface area contributed by atoms with Crippen LogP contribution >= 0.6 is 0 Å². The van der Waals surface area contributed by atoms with Crippen molar-refractivity contribution in [2.24, 2.45) is 16.6 Å². The van der Waals surface area contributed by atoms with Crippen LogP contribution in [0.4, 0.5) is 0 Å². The molecule has 2 aliphatic rings. The number of piperidine rings is 1. The van der Waals surface area contributed by atoms with Crippen molar-refractivity contribution in [3.63, 3.8) is 0 Å². The first-order valence-corrected chi connectivity index (χ1v) is 6.87. The van der Waals surface area contributed by atoms with Crippen LogP contribution < -0.4 is 5.73 Å². The number of hydrogen-bond donors (Lipinski definition) is 1. The summed E-state index contributed by atoms with van der Waals surface area (Å²) in [6, 6.07) is 0.517. The van der Waals surface area contributed by atoms with Gasteiger partial charge in [0.2, 0.25) is 0 Å². The van der Waals surface area contributed by atoms with Crippen molar-refractivity contribution in [1.29, 1.82) is 0 Å². The van der Waals surface area contributed by atoms with Crippen LogP contribution in [0.25, 0.3) is 0 Å². The zero-order valence-electron chi connectivity index (χ0n) is 10.5. The van der Waals surface area contributed by atoms with E-state index in [0.29, 0.717) is 6.04 Å². The third-order valence-corrected chi connectivity index (χ3v) is 4.16. The lowest BCUT2D eigenvalue weighted by Gasteiger charge is -2.32. The molecule has 1 saturated carbocycles. The molecule has 0 unspecified atom stereocenters. The van der Waals surface area contributed by atoms with Gasteiger partial charge in [-0.3, -0.25) is 0 Å².